The third-order valence-corrected chi connectivity index (χ3v) is 7.55. The van der Waals surface area contributed by atoms with E-state index in [0.717, 1.165) is 6.42 Å². The van der Waals surface area contributed by atoms with Gasteiger partial charge in [0, 0.05) is 32.1 Å². The van der Waals surface area contributed by atoms with Gasteiger partial charge in [0.25, 0.3) is 0 Å². The third-order valence-electron chi connectivity index (χ3n) is 7.55. The maximum Gasteiger partial charge on any atom is 0.0191 e. The van der Waals surface area contributed by atoms with Gasteiger partial charge in [-0.15, -0.1) is 0 Å². The minimum Gasteiger partial charge on any atom is -0.0804 e. The minimum atomic E-state index is 0. The molecule has 1 heteroatoms. The molecule has 6 rings (SSSR count). The molecule has 0 aromatic heterocycles. The zero-order valence-corrected chi connectivity index (χ0v) is 22.2. The second-order valence-corrected chi connectivity index (χ2v) is 9.81. The van der Waals surface area contributed by atoms with Crippen LogP contribution in [0.25, 0.3) is 33.4 Å². The van der Waals surface area contributed by atoms with Crippen LogP contribution in [-0.4, -0.2) is 0 Å². The fourth-order valence-electron chi connectivity index (χ4n) is 5.77. The fraction of sp³-hybridized carbons (Fsp3) is 0.152. The van der Waals surface area contributed by atoms with E-state index in [1.165, 1.54) is 50.1 Å². The van der Waals surface area contributed by atoms with Crippen molar-refractivity contribution in [1.82, 2.24) is 0 Å². The summed E-state index contributed by atoms with van der Waals surface area (Å²) in [5.41, 5.74) is 12.4. The van der Waals surface area contributed by atoms with Crippen LogP contribution in [0.4, 0.5) is 0 Å². The molecule has 0 atom stereocenters. The van der Waals surface area contributed by atoms with E-state index in [1.54, 1.807) is 0 Å². The summed E-state index contributed by atoms with van der Waals surface area (Å²) in [6.45, 7) is 4.86. The van der Waals surface area contributed by atoms with E-state index < -0.39 is 0 Å². The Morgan fingerprint density at radius 2 is 1.12 bits per heavy atom. The Labute approximate surface area is 222 Å². The van der Waals surface area contributed by atoms with Crippen LogP contribution in [0.2, 0.25) is 0 Å². The third kappa shape index (κ3) is 3.81. The van der Waals surface area contributed by atoms with E-state index in [-0.39, 0.29) is 31.6 Å². The number of hydrogen-bond donors (Lipinski definition) is 0. The maximum atomic E-state index is 2.45. The van der Waals surface area contributed by atoms with Crippen LogP contribution < -0.4 is 0 Å². The Morgan fingerprint density at radius 3 is 1.56 bits per heavy atom. The smallest absolute Gasteiger partial charge is 0.0191 e. The first-order chi connectivity index (χ1) is 16.1. The molecule has 0 unspecified atom stereocenters. The molecule has 0 radical (unpaired) electrons. The number of rotatable bonds is 4. The Bertz CT molecular complexity index is 1300. The average molecular weight is 516 g/mol. The van der Waals surface area contributed by atoms with Crippen molar-refractivity contribution in [2.75, 3.05) is 0 Å². The predicted octanol–water partition coefficient (Wildman–Crippen LogP) is 9.04. The molecule has 4 aromatic rings. The molecular weight excluding hydrogens is 488 g/mol. The molecule has 0 saturated heterocycles. The second kappa shape index (κ2) is 9.12. The predicted molar refractivity (Wildman–Crippen MR) is 140 cm³/mol. The van der Waals surface area contributed by atoms with Gasteiger partial charge in [0.2, 0.25) is 0 Å². The topological polar surface area (TPSA) is 0 Å². The first-order valence-corrected chi connectivity index (χ1v) is 11.9. The molecule has 0 amide bonds. The summed E-state index contributed by atoms with van der Waals surface area (Å²) >= 11 is 0. The molecular formula is C33H28Zr. The zero-order valence-electron chi connectivity index (χ0n) is 19.8. The van der Waals surface area contributed by atoms with Crippen LogP contribution >= 0.6 is 0 Å². The van der Waals surface area contributed by atoms with E-state index in [4.69, 9.17) is 0 Å². The average Bonchev–Trinajstić information content (AvgIpc) is 3.52. The van der Waals surface area contributed by atoms with Gasteiger partial charge in [0.15, 0.2) is 0 Å². The number of benzene rings is 4. The van der Waals surface area contributed by atoms with Crippen molar-refractivity contribution >= 4 is 0 Å². The van der Waals surface area contributed by atoms with Crippen molar-refractivity contribution < 1.29 is 26.2 Å². The monoisotopic (exact) mass is 514 g/mol. The number of allylic oxidation sites excluding steroid dienone is 4. The van der Waals surface area contributed by atoms with Crippen LogP contribution in [0.5, 0.6) is 0 Å². The van der Waals surface area contributed by atoms with Gasteiger partial charge in [-0.3, -0.25) is 0 Å². The molecule has 0 heterocycles. The maximum absolute atomic E-state index is 2.45. The summed E-state index contributed by atoms with van der Waals surface area (Å²) in [6.07, 6.45) is 7.88. The molecule has 2 aliphatic rings. The number of fused-ring (bicyclic) bond motifs is 3. The summed E-state index contributed by atoms with van der Waals surface area (Å²) in [5, 5.41) is 0. The quantitative estimate of drug-likeness (QED) is 0.254. The molecule has 0 nitrogen and oxygen atoms in total. The summed E-state index contributed by atoms with van der Waals surface area (Å²) in [5.74, 6) is 0.320. The van der Waals surface area contributed by atoms with Crippen LogP contribution in [0.1, 0.15) is 37.3 Å². The molecule has 0 fully saturated rings. The van der Waals surface area contributed by atoms with Crippen molar-refractivity contribution in [3.05, 3.63) is 132 Å². The van der Waals surface area contributed by atoms with Gasteiger partial charge in [0.1, 0.15) is 0 Å². The van der Waals surface area contributed by atoms with Gasteiger partial charge in [-0.05, 0) is 68.5 Å². The van der Waals surface area contributed by atoms with E-state index in [1.807, 2.05) is 0 Å². The second-order valence-electron chi connectivity index (χ2n) is 9.81. The molecule has 0 bridgehead atoms. The molecule has 0 spiro atoms. The fourth-order valence-corrected chi connectivity index (χ4v) is 5.77. The van der Waals surface area contributed by atoms with Gasteiger partial charge >= 0.3 is 0 Å². The Morgan fingerprint density at radius 1 is 0.618 bits per heavy atom. The van der Waals surface area contributed by atoms with E-state index in [2.05, 4.69) is 129 Å². The van der Waals surface area contributed by atoms with Gasteiger partial charge in [-0.2, -0.15) is 0 Å². The summed E-state index contributed by atoms with van der Waals surface area (Å²) in [6, 6.07) is 35.7. The van der Waals surface area contributed by atoms with Gasteiger partial charge in [-0.25, -0.2) is 0 Å². The summed E-state index contributed by atoms with van der Waals surface area (Å²) < 4.78 is 0. The van der Waals surface area contributed by atoms with Gasteiger partial charge in [0.05, 0.1) is 0 Å². The van der Waals surface area contributed by atoms with Crippen LogP contribution in [-0.2, 0) is 26.2 Å². The first kappa shape index (κ1) is 23.0. The Balaban J connectivity index is 0.00000241. The summed E-state index contributed by atoms with van der Waals surface area (Å²) in [4.78, 5) is 0. The largest absolute Gasteiger partial charge is 0.0804 e. The van der Waals surface area contributed by atoms with Gasteiger partial charge in [-0.1, -0.05) is 123 Å². The van der Waals surface area contributed by atoms with E-state index in [0.29, 0.717) is 5.92 Å². The van der Waals surface area contributed by atoms with Gasteiger partial charge < -0.3 is 0 Å². The van der Waals surface area contributed by atoms with E-state index in [9.17, 15) is 0 Å². The van der Waals surface area contributed by atoms with Crippen molar-refractivity contribution in [2.45, 2.75) is 26.2 Å². The Kier molecular flexibility index (Phi) is 6.17. The van der Waals surface area contributed by atoms with Crippen molar-refractivity contribution in [3.8, 4) is 33.4 Å². The number of hydrogen-bond acceptors (Lipinski definition) is 0. The molecule has 34 heavy (non-hydrogen) atoms. The molecule has 164 valence electrons. The summed E-state index contributed by atoms with van der Waals surface area (Å²) in [7, 11) is 0. The standard InChI is InChI=1S/C33H28.Zr/c1-33(2,27-15-9-10-16-27)32-30-21-25(23-11-5-3-6-12-23)17-19-28(30)29-20-18-26(22-31(29)32)24-13-7-4-8-14-24;/h3-15,17-22,32H,16H2,1-2H3;. The molecule has 0 saturated carbocycles. The SMILES string of the molecule is CC(C)(C1=CC=CC1)C1c2cc(-c3ccccc3)ccc2-c2ccc(-c3ccccc3)cc21.[Zr]. The van der Waals surface area contributed by atoms with Crippen molar-refractivity contribution in [1.29, 1.82) is 0 Å². The first-order valence-electron chi connectivity index (χ1n) is 11.9. The molecule has 4 aromatic carbocycles. The Hall–Kier alpha value is -2.76. The van der Waals surface area contributed by atoms with Crippen molar-refractivity contribution in [2.24, 2.45) is 5.41 Å². The molecule has 2 aliphatic carbocycles. The van der Waals surface area contributed by atoms with Crippen LogP contribution in [0.3, 0.4) is 0 Å². The van der Waals surface area contributed by atoms with E-state index >= 15 is 0 Å². The minimum absolute atomic E-state index is 0. The van der Waals surface area contributed by atoms with Crippen LogP contribution in [0.15, 0.2) is 121 Å². The molecule has 0 N–H and O–H groups in total. The van der Waals surface area contributed by atoms with Crippen molar-refractivity contribution in [3.63, 3.8) is 0 Å². The van der Waals surface area contributed by atoms with Crippen LogP contribution in [0, 0.1) is 5.41 Å². The zero-order chi connectivity index (χ0) is 22.4. The normalized spacial score (nSPS) is 14.4. The molecule has 0 aliphatic heterocycles.